The van der Waals surface area contributed by atoms with Gasteiger partial charge in [0.2, 0.25) is 0 Å². The molecular weight excluding hydrogens is 266 g/mol. The van der Waals surface area contributed by atoms with Crippen molar-refractivity contribution in [2.45, 2.75) is 39.2 Å². The second kappa shape index (κ2) is 5.02. The predicted octanol–water partition coefficient (Wildman–Crippen LogP) is 2.68. The molecule has 0 spiro atoms. The molecule has 2 aromatic rings. The Bertz CT molecular complexity index is 649. The second-order valence-corrected chi connectivity index (χ2v) is 6.47. The molecule has 1 aliphatic carbocycles. The van der Waals surface area contributed by atoms with E-state index in [0.717, 1.165) is 24.2 Å². The molecule has 6 heteroatoms. The Morgan fingerprint density at radius 3 is 2.86 bits per heavy atom. The first-order chi connectivity index (χ1) is 10.00. The molecule has 1 aliphatic rings. The molecule has 1 aromatic heterocycles. The summed E-state index contributed by atoms with van der Waals surface area (Å²) >= 11 is 0. The Morgan fingerprint density at radius 2 is 2.19 bits per heavy atom. The molecule has 1 fully saturated rings. The minimum Gasteiger partial charge on any atom is -0.496 e. The van der Waals surface area contributed by atoms with E-state index in [0.29, 0.717) is 22.9 Å². The summed E-state index contributed by atoms with van der Waals surface area (Å²) in [4.78, 5) is 0. The molecule has 1 atom stereocenters. The van der Waals surface area contributed by atoms with Gasteiger partial charge in [-0.3, -0.25) is 0 Å². The highest BCUT2D eigenvalue weighted by molar-refractivity contribution is 5.67. The molecule has 0 saturated heterocycles. The summed E-state index contributed by atoms with van der Waals surface area (Å²) in [5.74, 6) is 1.44. The fourth-order valence-electron chi connectivity index (χ4n) is 3.12. The van der Waals surface area contributed by atoms with Crippen LogP contribution in [0.2, 0.25) is 0 Å². The van der Waals surface area contributed by atoms with E-state index < -0.39 is 0 Å². The van der Waals surface area contributed by atoms with E-state index in [-0.39, 0.29) is 0 Å². The number of hydrogen-bond donors (Lipinski definition) is 1. The third-order valence-corrected chi connectivity index (χ3v) is 4.25. The Kier molecular flexibility index (Phi) is 3.31. The zero-order valence-corrected chi connectivity index (χ0v) is 12.7. The lowest BCUT2D eigenvalue weighted by molar-refractivity contribution is 0.348. The van der Waals surface area contributed by atoms with Gasteiger partial charge in [0.25, 0.3) is 0 Å². The number of anilines is 1. The van der Waals surface area contributed by atoms with Gasteiger partial charge in [0, 0.05) is 11.8 Å². The number of tetrazole rings is 1. The number of aromatic nitrogens is 4. The van der Waals surface area contributed by atoms with E-state index >= 15 is 0 Å². The normalized spacial score (nSPS) is 20.6. The molecule has 1 saturated carbocycles. The van der Waals surface area contributed by atoms with Crippen LogP contribution in [0.3, 0.4) is 0 Å². The van der Waals surface area contributed by atoms with Crippen molar-refractivity contribution < 1.29 is 4.74 Å². The van der Waals surface area contributed by atoms with E-state index in [1.54, 1.807) is 13.2 Å². The molecule has 0 amide bonds. The summed E-state index contributed by atoms with van der Waals surface area (Å²) < 4.78 is 7.35. The largest absolute Gasteiger partial charge is 0.496 e. The zero-order valence-electron chi connectivity index (χ0n) is 12.7. The van der Waals surface area contributed by atoms with Gasteiger partial charge in [0.15, 0.2) is 5.82 Å². The van der Waals surface area contributed by atoms with E-state index in [4.69, 9.17) is 10.5 Å². The number of benzene rings is 1. The van der Waals surface area contributed by atoms with E-state index in [9.17, 15) is 0 Å². The van der Waals surface area contributed by atoms with Crippen molar-refractivity contribution in [2.75, 3.05) is 12.8 Å². The molecule has 0 radical (unpaired) electrons. The van der Waals surface area contributed by atoms with E-state index in [1.165, 1.54) is 6.42 Å². The maximum atomic E-state index is 5.81. The smallest absolute Gasteiger partial charge is 0.186 e. The van der Waals surface area contributed by atoms with Gasteiger partial charge in [-0.1, -0.05) is 13.8 Å². The Labute approximate surface area is 124 Å². The van der Waals surface area contributed by atoms with Crippen molar-refractivity contribution in [2.24, 2.45) is 5.41 Å². The van der Waals surface area contributed by atoms with Crippen molar-refractivity contribution in [3.63, 3.8) is 0 Å². The van der Waals surface area contributed by atoms with Gasteiger partial charge in [-0.25, -0.2) is 4.68 Å². The predicted molar refractivity (Wildman–Crippen MR) is 80.9 cm³/mol. The van der Waals surface area contributed by atoms with Crippen LogP contribution in [-0.2, 0) is 0 Å². The first kappa shape index (κ1) is 13.9. The number of hydrogen-bond acceptors (Lipinski definition) is 5. The van der Waals surface area contributed by atoms with Gasteiger partial charge in [0.05, 0.1) is 18.7 Å². The molecule has 2 N–H and O–H groups in total. The van der Waals surface area contributed by atoms with Crippen molar-refractivity contribution >= 4 is 5.69 Å². The molecule has 1 unspecified atom stereocenters. The van der Waals surface area contributed by atoms with E-state index in [2.05, 4.69) is 29.4 Å². The number of rotatable bonds is 3. The number of nitrogen functional groups attached to an aromatic ring is 1. The summed E-state index contributed by atoms with van der Waals surface area (Å²) in [6.07, 6.45) is 3.38. The van der Waals surface area contributed by atoms with Gasteiger partial charge in [-0.05, 0) is 47.2 Å². The molecule has 3 rings (SSSR count). The summed E-state index contributed by atoms with van der Waals surface area (Å²) in [5, 5.41) is 12.3. The van der Waals surface area contributed by atoms with Crippen LogP contribution in [0.4, 0.5) is 5.69 Å². The summed E-state index contributed by atoms with van der Waals surface area (Å²) in [6, 6.07) is 5.89. The molecular formula is C15H21N5O. The summed E-state index contributed by atoms with van der Waals surface area (Å²) in [5.41, 5.74) is 7.70. The number of ether oxygens (including phenoxy) is 1. The third kappa shape index (κ3) is 2.57. The fraction of sp³-hybridized carbons (Fsp3) is 0.533. The van der Waals surface area contributed by atoms with Gasteiger partial charge in [-0.15, -0.1) is 5.10 Å². The maximum absolute atomic E-state index is 5.81. The minimum absolute atomic E-state index is 0.340. The van der Waals surface area contributed by atoms with Crippen LogP contribution in [0.25, 0.3) is 11.4 Å². The lowest BCUT2D eigenvalue weighted by atomic mass is 9.92. The van der Waals surface area contributed by atoms with Crippen LogP contribution in [0, 0.1) is 5.41 Å². The Hall–Kier alpha value is -2.11. The molecule has 112 valence electrons. The monoisotopic (exact) mass is 287 g/mol. The van der Waals surface area contributed by atoms with Gasteiger partial charge in [-0.2, -0.15) is 0 Å². The zero-order chi connectivity index (χ0) is 15.0. The van der Waals surface area contributed by atoms with Crippen molar-refractivity contribution in [3.05, 3.63) is 18.2 Å². The first-order valence-electron chi connectivity index (χ1n) is 7.22. The highest BCUT2D eigenvalue weighted by Crippen LogP contribution is 2.44. The van der Waals surface area contributed by atoms with Gasteiger partial charge in [0.1, 0.15) is 5.75 Å². The van der Waals surface area contributed by atoms with Gasteiger partial charge >= 0.3 is 0 Å². The lowest BCUT2D eigenvalue weighted by Crippen LogP contribution is -2.12. The molecule has 6 nitrogen and oxygen atoms in total. The molecule has 1 heterocycles. The average Bonchev–Trinajstić information content (AvgIpc) is 3.04. The topological polar surface area (TPSA) is 78.8 Å². The van der Waals surface area contributed by atoms with Crippen LogP contribution >= 0.6 is 0 Å². The average molecular weight is 287 g/mol. The van der Waals surface area contributed by atoms with Crippen molar-refractivity contribution in [1.82, 2.24) is 20.2 Å². The molecule has 0 bridgehead atoms. The first-order valence-corrected chi connectivity index (χ1v) is 7.22. The maximum Gasteiger partial charge on any atom is 0.186 e. The molecule has 1 aromatic carbocycles. The summed E-state index contributed by atoms with van der Waals surface area (Å²) in [6.45, 7) is 4.58. The third-order valence-electron chi connectivity index (χ3n) is 4.25. The SMILES string of the molecule is COc1cc(N)ccc1-c1nnnn1C1CCC(C)(C)C1. The van der Waals surface area contributed by atoms with E-state index in [1.807, 2.05) is 16.8 Å². The Morgan fingerprint density at radius 1 is 1.38 bits per heavy atom. The van der Waals surface area contributed by atoms with Crippen LogP contribution in [-0.4, -0.2) is 27.3 Å². The lowest BCUT2D eigenvalue weighted by Gasteiger charge is -2.18. The van der Waals surface area contributed by atoms with Crippen molar-refractivity contribution in [1.29, 1.82) is 0 Å². The van der Waals surface area contributed by atoms with Crippen molar-refractivity contribution in [3.8, 4) is 17.1 Å². The quantitative estimate of drug-likeness (QED) is 0.878. The number of nitrogens with zero attached hydrogens (tertiary/aromatic N) is 4. The van der Waals surface area contributed by atoms with Crippen LogP contribution in [0.1, 0.15) is 39.2 Å². The highest BCUT2D eigenvalue weighted by atomic mass is 16.5. The minimum atomic E-state index is 0.340. The molecule has 21 heavy (non-hydrogen) atoms. The summed E-state index contributed by atoms with van der Waals surface area (Å²) in [7, 11) is 1.63. The number of nitrogens with two attached hydrogens (primary N) is 1. The van der Waals surface area contributed by atoms with Crippen LogP contribution in [0.15, 0.2) is 18.2 Å². The Balaban J connectivity index is 2.00. The fourth-order valence-corrected chi connectivity index (χ4v) is 3.12. The number of methoxy groups -OCH3 is 1. The second-order valence-electron chi connectivity index (χ2n) is 6.47. The van der Waals surface area contributed by atoms with Crippen LogP contribution in [0.5, 0.6) is 5.75 Å². The molecule has 0 aliphatic heterocycles. The van der Waals surface area contributed by atoms with Gasteiger partial charge < -0.3 is 10.5 Å². The standard InChI is InChI=1S/C15H21N5O/c1-15(2)7-6-11(9-15)20-14(17-18-19-20)12-5-4-10(16)8-13(12)21-3/h4-5,8,11H,6-7,9,16H2,1-3H3. The van der Waals surface area contributed by atoms with Crippen LogP contribution < -0.4 is 10.5 Å². The highest BCUT2D eigenvalue weighted by Gasteiger charge is 2.34.